The van der Waals surface area contributed by atoms with Crippen LogP contribution in [0.1, 0.15) is 63.0 Å². The number of carboxylic acid groups (broad SMARTS) is 2. The van der Waals surface area contributed by atoms with E-state index in [4.69, 9.17) is 29.7 Å². The van der Waals surface area contributed by atoms with Crippen LogP contribution < -0.4 is 31.2 Å². The highest BCUT2D eigenvalue weighted by Gasteiger charge is 2.61. The smallest absolute Gasteiger partial charge is 0.317 e. The molecule has 11 N–H and O–H groups in total. The SMILES string of the molecule is COc1cccc(OC)c1C(C=C(N)C(=O)NC1(C(O)O)C2CC3CC(C2)CC1C3)=Nc1ccc(NCCOCCOCCNC(=O)CN2CCN(CC(=O)O)CCN(CC(=O)O)CCN(CC(O)O)CC2)cc1C(C)C. The zero-order chi connectivity index (χ0) is 55.6. The van der Waals surface area contributed by atoms with Crippen LogP contribution in [0.3, 0.4) is 0 Å². The molecule has 4 saturated carbocycles. The Morgan fingerprint density at radius 2 is 1.25 bits per heavy atom. The van der Waals surface area contributed by atoms with Crippen molar-refractivity contribution in [3.63, 3.8) is 0 Å². The Labute approximate surface area is 451 Å². The summed E-state index contributed by atoms with van der Waals surface area (Å²) in [7, 11) is 3.07. The fourth-order valence-corrected chi connectivity index (χ4v) is 11.7. The number of nitrogens with zero attached hydrogens (tertiary/aromatic N) is 5. The summed E-state index contributed by atoms with van der Waals surface area (Å²) in [6, 6.07) is 11.1. The molecule has 5 aliphatic rings. The van der Waals surface area contributed by atoms with E-state index in [1.165, 1.54) is 20.3 Å². The second kappa shape index (κ2) is 29.5. The van der Waals surface area contributed by atoms with Crippen LogP contribution in [0.15, 0.2) is 53.2 Å². The molecule has 428 valence electrons. The van der Waals surface area contributed by atoms with Crippen molar-refractivity contribution in [1.29, 1.82) is 0 Å². The van der Waals surface area contributed by atoms with Crippen molar-refractivity contribution in [3.8, 4) is 11.5 Å². The highest BCUT2D eigenvalue weighted by atomic mass is 16.5. The number of aliphatic imine (C=N–C) groups is 1. The number of rotatable bonds is 27. The Morgan fingerprint density at radius 3 is 1.74 bits per heavy atom. The number of aliphatic hydroxyl groups excluding tert-OH is 2. The summed E-state index contributed by atoms with van der Waals surface area (Å²) in [5.74, 6) is -0.998. The Balaban J connectivity index is 0.992. The summed E-state index contributed by atoms with van der Waals surface area (Å²) in [6.07, 6.45) is 2.67. The van der Waals surface area contributed by atoms with Gasteiger partial charge in [-0.05, 0) is 104 Å². The number of anilines is 1. The minimum Gasteiger partial charge on any atom is -0.496 e. The molecular formula is C54H83N9O14. The summed E-state index contributed by atoms with van der Waals surface area (Å²) in [6.45, 7) is 8.33. The van der Waals surface area contributed by atoms with E-state index in [0.29, 0.717) is 119 Å². The van der Waals surface area contributed by atoms with Gasteiger partial charge >= 0.3 is 11.9 Å². The second-order valence-corrected chi connectivity index (χ2v) is 21.0. The zero-order valence-corrected chi connectivity index (χ0v) is 45.1. The molecule has 23 heteroatoms. The van der Waals surface area contributed by atoms with E-state index in [-0.39, 0.29) is 68.7 Å². The minimum absolute atomic E-state index is 0.0271. The lowest BCUT2D eigenvalue weighted by Crippen LogP contribution is -2.71. The third-order valence-electron chi connectivity index (χ3n) is 15.3. The predicted molar refractivity (Wildman–Crippen MR) is 287 cm³/mol. The molecule has 0 aromatic heterocycles. The van der Waals surface area contributed by atoms with E-state index in [2.05, 4.69) is 29.8 Å². The lowest BCUT2D eigenvalue weighted by Gasteiger charge is -2.61. The number of amides is 2. The van der Waals surface area contributed by atoms with Gasteiger partial charge in [-0.25, -0.2) is 4.99 Å². The molecule has 0 radical (unpaired) electrons. The molecule has 1 saturated heterocycles. The fourth-order valence-electron chi connectivity index (χ4n) is 11.7. The molecular weight excluding hydrogens is 999 g/mol. The van der Waals surface area contributed by atoms with Crippen molar-refractivity contribution in [2.24, 2.45) is 34.4 Å². The maximum absolute atomic E-state index is 14.1. The van der Waals surface area contributed by atoms with Crippen LogP contribution in [0.2, 0.25) is 0 Å². The molecule has 7 rings (SSSR count). The average Bonchev–Trinajstić information content (AvgIpc) is 3.42. The summed E-state index contributed by atoms with van der Waals surface area (Å²) in [5.41, 5.74) is 8.48. The highest BCUT2D eigenvalue weighted by Crippen LogP contribution is 2.59. The Hall–Kier alpha value is -5.47. The number of benzene rings is 2. The summed E-state index contributed by atoms with van der Waals surface area (Å²) in [4.78, 5) is 62.4. The lowest BCUT2D eigenvalue weighted by atomic mass is 9.48. The molecule has 1 heterocycles. The number of carbonyl (C=O) groups is 4. The molecule has 23 nitrogen and oxygen atoms in total. The van der Waals surface area contributed by atoms with Crippen molar-refractivity contribution >= 4 is 40.8 Å². The number of hydrogen-bond acceptors (Lipinski definition) is 19. The van der Waals surface area contributed by atoms with Gasteiger partial charge in [0.15, 0.2) is 12.6 Å². The molecule has 0 unspecified atom stereocenters. The topological polar surface area (TPSA) is 314 Å². The predicted octanol–water partition coefficient (Wildman–Crippen LogP) is 0.675. The fraction of sp³-hybridized carbons (Fsp3) is 0.648. The molecule has 2 aromatic carbocycles. The number of ether oxygens (including phenoxy) is 4. The number of methoxy groups -OCH3 is 2. The number of carboxylic acids is 2. The maximum atomic E-state index is 14.1. The van der Waals surface area contributed by atoms with E-state index >= 15 is 0 Å². The van der Waals surface area contributed by atoms with Crippen LogP contribution in [0.4, 0.5) is 11.4 Å². The van der Waals surface area contributed by atoms with Gasteiger partial charge in [0.05, 0.1) is 88.5 Å². The molecule has 5 fully saturated rings. The van der Waals surface area contributed by atoms with Crippen molar-refractivity contribution in [2.45, 2.75) is 70.0 Å². The third kappa shape index (κ3) is 17.5. The molecule has 0 spiro atoms. The number of nitrogens with one attached hydrogen (secondary N) is 3. The van der Waals surface area contributed by atoms with E-state index in [1.54, 1.807) is 32.9 Å². The average molecular weight is 1080 g/mol. The first-order chi connectivity index (χ1) is 36.9. The quantitative estimate of drug-likeness (QED) is 0.0255. The summed E-state index contributed by atoms with van der Waals surface area (Å²) >= 11 is 0. The van der Waals surface area contributed by atoms with Crippen LogP contribution in [-0.4, -0.2) is 230 Å². The maximum Gasteiger partial charge on any atom is 0.317 e. The number of hydrogen-bond donors (Lipinski definition) is 10. The van der Waals surface area contributed by atoms with Gasteiger partial charge in [0, 0.05) is 77.7 Å². The first kappa shape index (κ1) is 60.8. The first-order valence-electron chi connectivity index (χ1n) is 26.8. The van der Waals surface area contributed by atoms with Crippen LogP contribution in [0, 0.1) is 23.7 Å². The zero-order valence-electron chi connectivity index (χ0n) is 45.1. The minimum atomic E-state index is -1.74. The Morgan fingerprint density at radius 1 is 0.727 bits per heavy atom. The number of aliphatic carboxylic acids is 2. The van der Waals surface area contributed by atoms with Crippen molar-refractivity contribution < 1.29 is 68.8 Å². The lowest BCUT2D eigenvalue weighted by molar-refractivity contribution is -0.201. The van der Waals surface area contributed by atoms with Crippen molar-refractivity contribution in [1.82, 2.24) is 30.2 Å². The van der Waals surface area contributed by atoms with Crippen LogP contribution >= 0.6 is 0 Å². The highest BCUT2D eigenvalue weighted by molar-refractivity contribution is 6.16. The summed E-state index contributed by atoms with van der Waals surface area (Å²) < 4.78 is 23.1. The van der Waals surface area contributed by atoms with E-state index in [0.717, 1.165) is 43.4 Å². The largest absolute Gasteiger partial charge is 0.496 e. The van der Waals surface area contributed by atoms with Crippen molar-refractivity contribution in [3.05, 3.63) is 59.3 Å². The number of aliphatic hydroxyl groups is 4. The van der Waals surface area contributed by atoms with Gasteiger partial charge < -0.3 is 71.3 Å². The second-order valence-electron chi connectivity index (χ2n) is 21.0. The van der Waals surface area contributed by atoms with Crippen LogP contribution in [0.25, 0.3) is 0 Å². The molecule has 1 aliphatic heterocycles. The van der Waals surface area contributed by atoms with Gasteiger partial charge in [-0.15, -0.1) is 0 Å². The van der Waals surface area contributed by atoms with E-state index in [9.17, 15) is 49.8 Å². The molecule has 0 atom stereocenters. The van der Waals surface area contributed by atoms with Crippen LogP contribution in [-0.2, 0) is 28.7 Å². The van der Waals surface area contributed by atoms with Crippen LogP contribution in [0.5, 0.6) is 11.5 Å². The standard InChI is InChI=1S/C54H83N9O14/c1-35(2)41-29-40(56-10-20-76-22-23-77-21-11-57-47(64)31-60-12-14-61(32-48(65)66)16-18-63(34-50(69)70)19-17-62(15-13-60)33-49(67)68)8-9-43(41)58-44(51-45(74-3)6-5-7-46(51)75-4)30-42(55)52(71)59-54(53(72)73)38-25-36-24-37(27-38)28-39(54)26-36/h5-9,29-30,35-39,48,53,56,65-66,72-73H,10-28,31-34,55H2,1-4H3,(H,57,64)(H,59,71)(H,67,68)(H,69,70). The van der Waals surface area contributed by atoms with E-state index in [1.807, 2.05) is 23.1 Å². The molecule has 2 aromatic rings. The monoisotopic (exact) mass is 1080 g/mol. The van der Waals surface area contributed by atoms with Crippen molar-refractivity contribution in [2.75, 3.05) is 138 Å². The van der Waals surface area contributed by atoms with Gasteiger partial charge in [0.25, 0.3) is 5.91 Å². The third-order valence-corrected chi connectivity index (χ3v) is 15.3. The van der Waals surface area contributed by atoms with Gasteiger partial charge in [-0.3, -0.25) is 38.8 Å². The molecule has 77 heavy (non-hydrogen) atoms. The number of carbonyl (C=O) groups excluding carboxylic acids is 2. The van der Waals surface area contributed by atoms with Gasteiger partial charge in [-0.1, -0.05) is 19.9 Å². The number of nitrogens with two attached hydrogens (primary N) is 1. The molecule has 2 amide bonds. The normalized spacial score (nSPS) is 23.2. The van der Waals surface area contributed by atoms with Gasteiger partial charge in [0.2, 0.25) is 5.91 Å². The Kier molecular flexibility index (Phi) is 23.3. The first-order valence-corrected chi connectivity index (χ1v) is 26.8. The van der Waals surface area contributed by atoms with Gasteiger partial charge in [-0.2, -0.15) is 0 Å². The summed E-state index contributed by atoms with van der Waals surface area (Å²) in [5, 5.41) is 69.4. The number of allylic oxidation sites excluding steroid dienone is 1. The Bertz CT molecular complexity index is 2280. The van der Waals surface area contributed by atoms with Gasteiger partial charge in [0.1, 0.15) is 11.5 Å². The van der Waals surface area contributed by atoms with E-state index < -0.39 is 36.0 Å². The molecule has 4 aliphatic carbocycles. The number of β-amino-alcohol motifs (C(OH)–C–C–N with tert-alkyl or cyclic N) is 2. The molecule has 4 bridgehead atoms.